The number of hydrogen-bond donors (Lipinski definition) is 0. The molecule has 49 heavy (non-hydrogen) atoms. The molecule has 1 heterocycles. The topological polar surface area (TPSA) is 133 Å². The predicted molar refractivity (Wildman–Crippen MR) is 179 cm³/mol. The quantitative estimate of drug-likeness (QED) is 0.130. The third kappa shape index (κ3) is 7.35. The molecular weight excluding hydrogens is 624 g/mol. The first-order valence-corrected chi connectivity index (χ1v) is 17.6. The number of nitrogens with zero attached hydrogens (tertiary/aromatic N) is 2. The summed E-state index contributed by atoms with van der Waals surface area (Å²) in [6.07, 6.45) is 10.5. The Morgan fingerprint density at radius 3 is 1.90 bits per heavy atom. The molecule has 1 aliphatic heterocycles. The van der Waals surface area contributed by atoms with Gasteiger partial charge in [-0.25, -0.2) is 25.8 Å². The van der Waals surface area contributed by atoms with Gasteiger partial charge in [-0.1, -0.05) is 19.7 Å². The van der Waals surface area contributed by atoms with E-state index in [9.17, 15) is 24.4 Å². The number of rotatable bonds is 6. The number of ether oxygens (including phenoxy) is 4. The summed E-state index contributed by atoms with van der Waals surface area (Å²) in [4.78, 5) is 49.3. The Labute approximate surface area is 290 Å². The van der Waals surface area contributed by atoms with Crippen LogP contribution in [0.15, 0.2) is 36.5 Å². The molecule has 5 unspecified atom stereocenters. The Bertz CT molecular complexity index is 1470. The van der Waals surface area contributed by atoms with Crippen LogP contribution in [-0.2, 0) is 38.1 Å². The van der Waals surface area contributed by atoms with E-state index in [1.807, 2.05) is 0 Å². The molecule has 10 nitrogen and oxygen atoms in total. The Hall–Kier alpha value is -3.92. The lowest BCUT2D eigenvalue weighted by atomic mass is 9.46. The minimum absolute atomic E-state index is 0.194. The third-order valence-corrected chi connectivity index (χ3v) is 12.0. The molecule has 1 saturated heterocycles. The summed E-state index contributed by atoms with van der Waals surface area (Å²) in [5, 5.41) is 9.59. The van der Waals surface area contributed by atoms with E-state index < -0.39 is 34.6 Å². The number of hydrogen-bond acceptors (Lipinski definition) is 9. The van der Waals surface area contributed by atoms with E-state index in [1.54, 1.807) is 13.8 Å². The normalized spacial score (nSPS) is 39.8. The van der Waals surface area contributed by atoms with Crippen molar-refractivity contribution in [3.05, 3.63) is 47.9 Å². The zero-order valence-electron chi connectivity index (χ0n) is 29.4. The van der Waals surface area contributed by atoms with Crippen molar-refractivity contribution in [2.75, 3.05) is 6.61 Å². The lowest BCUT2D eigenvalue weighted by Crippen LogP contribution is -2.63. The average Bonchev–Trinajstić information content (AvgIpc) is 3.43. The van der Waals surface area contributed by atoms with Gasteiger partial charge < -0.3 is 23.8 Å². The highest BCUT2D eigenvalue weighted by molar-refractivity contribution is 5.90. The second-order valence-corrected chi connectivity index (χ2v) is 16.4. The van der Waals surface area contributed by atoms with Crippen molar-refractivity contribution in [2.24, 2.45) is 35.0 Å². The molecule has 8 aliphatic carbocycles. The summed E-state index contributed by atoms with van der Waals surface area (Å²) in [7, 11) is 0. The first kappa shape index (κ1) is 36.4. The highest BCUT2D eigenvalue weighted by Crippen LogP contribution is 2.65. The summed E-state index contributed by atoms with van der Waals surface area (Å²) in [5.74, 6) is 1.76. The van der Waals surface area contributed by atoms with Crippen LogP contribution in [0.5, 0.6) is 0 Å². The van der Waals surface area contributed by atoms with Crippen molar-refractivity contribution in [3.8, 4) is 6.07 Å². The summed E-state index contributed by atoms with van der Waals surface area (Å²) in [6, 6.07) is 2.44. The molecule has 10 heteroatoms. The molecular formula is C39H50N2O8. The molecule has 0 aromatic rings. The Balaban J connectivity index is 0.000000148. The SMILES string of the molecule is C=C(C)C(=O)OC1(C)C2CC3CC(C2)CC1C3.C=C(C)C(=O)OC1CCOC1=O.[C-]#[N+]C12CC3CC(C#N)(C1)CC(OC(=O)C(=C)C)(C3)C2. The zero-order chi connectivity index (χ0) is 35.9. The van der Waals surface area contributed by atoms with E-state index >= 15 is 0 Å². The molecule has 0 amide bonds. The number of nitriles is 1. The second kappa shape index (κ2) is 13.4. The van der Waals surface area contributed by atoms with Gasteiger partial charge in [-0.2, -0.15) is 5.26 Å². The fourth-order valence-electron chi connectivity index (χ4n) is 10.3. The lowest BCUT2D eigenvalue weighted by Gasteiger charge is -2.59. The third-order valence-electron chi connectivity index (χ3n) is 12.0. The fourth-order valence-corrected chi connectivity index (χ4v) is 10.3. The Kier molecular flexibility index (Phi) is 9.96. The maximum atomic E-state index is 11.9. The molecule has 9 rings (SSSR count). The van der Waals surface area contributed by atoms with Gasteiger partial charge in [0, 0.05) is 42.4 Å². The molecule has 9 aliphatic rings. The van der Waals surface area contributed by atoms with Gasteiger partial charge in [0.15, 0.2) is 0 Å². The largest absolute Gasteiger partial charge is 0.463 e. The maximum Gasteiger partial charge on any atom is 0.347 e. The minimum Gasteiger partial charge on any atom is -0.463 e. The molecule has 0 N–H and O–H groups in total. The van der Waals surface area contributed by atoms with Crippen molar-refractivity contribution in [3.63, 3.8) is 0 Å². The number of esters is 4. The fraction of sp³-hybridized carbons (Fsp3) is 0.692. The van der Waals surface area contributed by atoms with Gasteiger partial charge in [0.1, 0.15) is 11.2 Å². The van der Waals surface area contributed by atoms with E-state index in [2.05, 4.69) is 42.3 Å². The van der Waals surface area contributed by atoms with Crippen LogP contribution in [0.3, 0.4) is 0 Å². The average molecular weight is 675 g/mol. The van der Waals surface area contributed by atoms with E-state index in [4.69, 9.17) is 20.8 Å². The highest BCUT2D eigenvalue weighted by atomic mass is 16.6. The van der Waals surface area contributed by atoms with E-state index in [-0.39, 0.29) is 23.1 Å². The molecule has 0 aromatic carbocycles. The molecule has 0 spiro atoms. The monoisotopic (exact) mass is 674 g/mol. The first-order valence-electron chi connectivity index (χ1n) is 17.6. The second-order valence-electron chi connectivity index (χ2n) is 16.4. The molecule has 5 atom stereocenters. The number of carbonyl (C=O) groups excluding carboxylic acids is 4. The van der Waals surface area contributed by atoms with Gasteiger partial charge in [0.25, 0.3) is 0 Å². The van der Waals surface area contributed by atoms with Crippen LogP contribution in [-0.4, -0.2) is 53.3 Å². The summed E-state index contributed by atoms with van der Waals surface area (Å²) in [6.45, 7) is 25.7. The lowest BCUT2D eigenvalue weighted by molar-refractivity contribution is -0.199. The molecule has 0 aromatic heterocycles. The van der Waals surface area contributed by atoms with Gasteiger partial charge in [-0.3, -0.25) is 0 Å². The standard InChI is InChI=1S/C16H18N2O2.C15H22O2.C8H10O4/c1-11(2)13(19)20-16-6-12-4-14(8-16,10-17)7-15(5-12,9-16)18-3;1-9(2)14(16)17-15(3)12-5-10-4-11(7-12)8-13(15)6-10;1-5(2)7(9)12-6-3-4-11-8(6)10/h12H,1,4-9H2,2H3;10-13H,1,4-8H2,2-3H3;6H,1,3-4H2,2H3. The first-order chi connectivity index (χ1) is 23.0. The van der Waals surface area contributed by atoms with Crippen LogP contribution < -0.4 is 0 Å². The summed E-state index contributed by atoms with van der Waals surface area (Å²) < 4.78 is 20.9. The van der Waals surface area contributed by atoms with Crippen LogP contribution in [0.4, 0.5) is 0 Å². The summed E-state index contributed by atoms with van der Waals surface area (Å²) >= 11 is 0. The maximum absolute atomic E-state index is 11.9. The van der Waals surface area contributed by atoms with E-state index in [0.29, 0.717) is 61.2 Å². The minimum atomic E-state index is -0.728. The molecule has 8 saturated carbocycles. The van der Waals surface area contributed by atoms with Crippen LogP contribution in [0, 0.1) is 52.9 Å². The van der Waals surface area contributed by atoms with Gasteiger partial charge in [-0.05, 0) is 102 Å². The van der Waals surface area contributed by atoms with Crippen LogP contribution >= 0.6 is 0 Å². The molecule has 264 valence electrons. The highest BCUT2D eigenvalue weighted by Gasteiger charge is 2.69. The predicted octanol–water partition coefficient (Wildman–Crippen LogP) is 6.75. The van der Waals surface area contributed by atoms with Crippen molar-refractivity contribution in [2.45, 2.75) is 128 Å². The summed E-state index contributed by atoms with van der Waals surface area (Å²) in [5.41, 5.74) is -0.596. The van der Waals surface area contributed by atoms with Crippen LogP contribution in [0.1, 0.15) is 105 Å². The van der Waals surface area contributed by atoms with Crippen LogP contribution in [0.25, 0.3) is 4.85 Å². The van der Waals surface area contributed by atoms with Crippen molar-refractivity contribution >= 4 is 23.9 Å². The van der Waals surface area contributed by atoms with Gasteiger partial charge in [0.2, 0.25) is 11.6 Å². The van der Waals surface area contributed by atoms with E-state index in [1.165, 1.54) is 39.0 Å². The Morgan fingerprint density at radius 1 is 0.837 bits per heavy atom. The van der Waals surface area contributed by atoms with Gasteiger partial charge >= 0.3 is 23.9 Å². The van der Waals surface area contributed by atoms with Crippen molar-refractivity contribution < 1.29 is 38.1 Å². The smallest absolute Gasteiger partial charge is 0.347 e. The van der Waals surface area contributed by atoms with Crippen molar-refractivity contribution in [1.82, 2.24) is 0 Å². The number of carbonyl (C=O) groups is 4. The number of cyclic esters (lactones) is 1. The Morgan fingerprint density at radius 2 is 1.41 bits per heavy atom. The molecule has 9 fully saturated rings. The van der Waals surface area contributed by atoms with Crippen molar-refractivity contribution in [1.29, 1.82) is 5.26 Å². The molecule has 0 radical (unpaired) electrons. The zero-order valence-corrected chi connectivity index (χ0v) is 29.4. The van der Waals surface area contributed by atoms with Gasteiger partial charge in [0.05, 0.1) is 24.5 Å². The van der Waals surface area contributed by atoms with Crippen LogP contribution in [0.2, 0.25) is 0 Å². The van der Waals surface area contributed by atoms with Gasteiger partial charge in [-0.15, -0.1) is 0 Å². The molecule has 8 bridgehead atoms. The van der Waals surface area contributed by atoms with E-state index in [0.717, 1.165) is 31.1 Å².